The third kappa shape index (κ3) is 23.1. The van der Waals surface area contributed by atoms with Crippen LogP contribution in [0, 0.1) is 0 Å². The molecule has 51 heavy (non-hydrogen) atoms. The molecular weight excluding hydrogens is 668 g/mol. The second kappa shape index (κ2) is 24.1. The fraction of sp³-hybridized carbons (Fsp3) is 0.650. The minimum absolute atomic E-state index is 0.244. The summed E-state index contributed by atoms with van der Waals surface area (Å²) in [6, 6.07) is 15.0. The number of alkyl carbamates (subject to hydrolysis) is 2. The number of halogens is 1. The Morgan fingerprint density at radius 2 is 1.08 bits per heavy atom. The second-order valence-corrected chi connectivity index (χ2v) is 15.4. The molecule has 11 heteroatoms. The average molecular weight is 733 g/mol. The van der Waals surface area contributed by atoms with Crippen LogP contribution in [0.25, 0.3) is 0 Å². The van der Waals surface area contributed by atoms with Gasteiger partial charge >= 0.3 is 12.2 Å². The Morgan fingerprint density at radius 3 is 1.49 bits per heavy atom. The van der Waals surface area contributed by atoms with E-state index < -0.39 is 17.3 Å². The largest absolute Gasteiger partial charge is 0.508 e. The lowest BCUT2D eigenvalue weighted by Gasteiger charge is -2.26. The molecule has 2 fully saturated rings. The summed E-state index contributed by atoms with van der Waals surface area (Å²) >= 11 is 5.59. The molecule has 0 aromatic heterocycles. The molecule has 4 rings (SSSR count). The summed E-state index contributed by atoms with van der Waals surface area (Å²) in [5, 5.41) is 14.6. The van der Waals surface area contributed by atoms with Gasteiger partial charge in [0.05, 0.1) is 0 Å². The molecule has 2 amide bonds. The van der Waals surface area contributed by atoms with E-state index in [-0.39, 0.29) is 11.8 Å². The van der Waals surface area contributed by atoms with Crippen molar-refractivity contribution in [2.75, 3.05) is 64.8 Å². The molecule has 2 aliphatic rings. The lowest BCUT2D eigenvalue weighted by Crippen LogP contribution is -2.33. The first kappa shape index (κ1) is 44.0. The molecule has 2 aliphatic heterocycles. The van der Waals surface area contributed by atoms with E-state index in [1.807, 2.05) is 77.9 Å². The first-order chi connectivity index (χ1) is 24.2. The average Bonchev–Trinajstić information content (AvgIpc) is 3.07. The van der Waals surface area contributed by atoms with Crippen LogP contribution in [-0.4, -0.2) is 103 Å². The monoisotopic (exact) mass is 732 g/mol. The van der Waals surface area contributed by atoms with Crippen LogP contribution in [0.3, 0.4) is 0 Å². The van der Waals surface area contributed by atoms with E-state index in [0.29, 0.717) is 19.5 Å². The Balaban J connectivity index is 0.000000297. The zero-order chi connectivity index (χ0) is 37.5. The van der Waals surface area contributed by atoms with Crippen molar-refractivity contribution in [2.24, 2.45) is 0 Å². The Kier molecular flexibility index (Phi) is 20.8. The highest BCUT2D eigenvalue weighted by molar-refractivity contribution is 6.18. The maximum atomic E-state index is 11.6. The summed E-state index contributed by atoms with van der Waals surface area (Å²) in [5.74, 6) is 1.94. The normalized spacial score (nSPS) is 15.3. The van der Waals surface area contributed by atoms with E-state index in [0.717, 1.165) is 43.3 Å². The van der Waals surface area contributed by atoms with E-state index >= 15 is 0 Å². The predicted molar refractivity (Wildman–Crippen MR) is 207 cm³/mol. The molecule has 2 heterocycles. The van der Waals surface area contributed by atoms with Crippen LogP contribution in [0.5, 0.6) is 11.5 Å². The number of ether oxygens (including phenoxy) is 3. The van der Waals surface area contributed by atoms with Crippen molar-refractivity contribution in [3.05, 3.63) is 59.7 Å². The Labute approximate surface area is 312 Å². The van der Waals surface area contributed by atoms with E-state index in [9.17, 15) is 9.59 Å². The molecule has 0 aliphatic carbocycles. The summed E-state index contributed by atoms with van der Waals surface area (Å²) in [6.45, 7) is 19.9. The minimum Gasteiger partial charge on any atom is -0.508 e. The van der Waals surface area contributed by atoms with E-state index in [1.165, 1.54) is 70.3 Å². The standard InChI is InChI=1S/C20H32N2O3.C13H19NO3.C7H14ClN/c1-20(2,3)25-19(23)21-12-11-17-7-9-18(10-8-17)24-16-15-22-13-5-4-6-14-22;1-13(2,3)17-12(16)14-9-8-10-4-6-11(15)7-5-10;8-4-7-9-5-2-1-3-6-9/h7-10H,4-6,11-16H2,1-3H3,(H,21,23);4-7,15H,8-9H2,1-3H3,(H,14,16);1-7H2. The summed E-state index contributed by atoms with van der Waals surface area (Å²) in [6.07, 6.45) is 8.85. The molecule has 2 aromatic rings. The van der Waals surface area contributed by atoms with Crippen molar-refractivity contribution in [2.45, 2.75) is 104 Å². The molecule has 3 N–H and O–H groups in total. The summed E-state index contributed by atoms with van der Waals surface area (Å²) < 4.78 is 16.1. The van der Waals surface area contributed by atoms with Gasteiger partial charge in [0.25, 0.3) is 0 Å². The molecule has 2 aromatic carbocycles. The van der Waals surface area contributed by atoms with Gasteiger partial charge in [0, 0.05) is 32.1 Å². The number of piperidine rings is 2. The molecule has 0 bridgehead atoms. The molecule has 10 nitrogen and oxygen atoms in total. The van der Waals surface area contributed by atoms with Gasteiger partial charge in [0.15, 0.2) is 0 Å². The number of phenolic OH excluding ortho intramolecular Hbond substituents is 1. The van der Waals surface area contributed by atoms with Crippen molar-refractivity contribution >= 4 is 23.8 Å². The maximum absolute atomic E-state index is 11.6. The number of nitrogens with one attached hydrogen (secondary N) is 2. The van der Waals surface area contributed by atoms with Crippen LogP contribution in [0.4, 0.5) is 9.59 Å². The number of hydrogen-bond donors (Lipinski definition) is 3. The summed E-state index contributed by atoms with van der Waals surface area (Å²) in [4.78, 5) is 27.8. The van der Waals surface area contributed by atoms with Gasteiger partial charge in [-0.2, -0.15) is 0 Å². The number of nitrogens with zero attached hydrogens (tertiary/aromatic N) is 2. The number of carbonyl (C=O) groups is 2. The van der Waals surface area contributed by atoms with E-state index in [2.05, 4.69) is 20.4 Å². The van der Waals surface area contributed by atoms with Crippen molar-refractivity contribution < 1.29 is 28.9 Å². The van der Waals surface area contributed by atoms with Crippen LogP contribution in [0.2, 0.25) is 0 Å². The number of phenols is 1. The van der Waals surface area contributed by atoms with Crippen LogP contribution >= 0.6 is 11.6 Å². The molecule has 288 valence electrons. The lowest BCUT2D eigenvalue weighted by molar-refractivity contribution is 0.0517. The van der Waals surface area contributed by atoms with Gasteiger partial charge in [-0.25, -0.2) is 9.59 Å². The molecule has 0 radical (unpaired) electrons. The van der Waals surface area contributed by atoms with Gasteiger partial charge in [-0.15, -0.1) is 11.6 Å². The highest BCUT2D eigenvalue weighted by Crippen LogP contribution is 2.14. The van der Waals surface area contributed by atoms with E-state index in [1.54, 1.807) is 12.1 Å². The lowest BCUT2D eigenvalue weighted by atomic mass is 10.1. The first-order valence-electron chi connectivity index (χ1n) is 18.7. The second-order valence-electron chi connectivity index (χ2n) is 15.0. The number of carbonyl (C=O) groups excluding carboxylic acids is 2. The SMILES string of the molecule is CC(C)(C)OC(=O)NCCc1ccc(O)cc1.CC(C)(C)OC(=O)NCCc1ccc(OCCN2CCCCC2)cc1.ClCCN1CCCCC1. The van der Waals surface area contributed by atoms with Gasteiger partial charge in [-0.05, 0) is 142 Å². The third-order valence-corrected chi connectivity index (χ3v) is 8.17. The quantitative estimate of drug-likeness (QED) is 0.190. The van der Waals surface area contributed by atoms with Gasteiger partial charge in [-0.3, -0.25) is 4.90 Å². The van der Waals surface area contributed by atoms with Crippen LogP contribution in [-0.2, 0) is 22.3 Å². The predicted octanol–water partition coefficient (Wildman–Crippen LogP) is 7.79. The number of alkyl halides is 1. The number of hydrogen-bond acceptors (Lipinski definition) is 8. The molecule has 0 spiro atoms. The number of likely N-dealkylation sites (tertiary alicyclic amines) is 2. The van der Waals surface area contributed by atoms with Gasteiger partial charge in [0.1, 0.15) is 29.3 Å². The van der Waals surface area contributed by atoms with Crippen LogP contribution < -0.4 is 15.4 Å². The smallest absolute Gasteiger partial charge is 0.407 e. The Morgan fingerprint density at radius 1 is 0.667 bits per heavy atom. The van der Waals surface area contributed by atoms with Crippen molar-refractivity contribution in [3.8, 4) is 11.5 Å². The highest BCUT2D eigenvalue weighted by atomic mass is 35.5. The summed E-state index contributed by atoms with van der Waals surface area (Å²) in [7, 11) is 0. The van der Waals surface area contributed by atoms with Gasteiger partial charge in [0.2, 0.25) is 0 Å². The zero-order valence-electron chi connectivity index (χ0n) is 32.1. The molecular formula is C40H65ClN4O6. The Bertz CT molecular complexity index is 1220. The maximum Gasteiger partial charge on any atom is 0.407 e. The minimum atomic E-state index is -0.470. The third-order valence-electron chi connectivity index (χ3n) is 8.00. The summed E-state index contributed by atoms with van der Waals surface area (Å²) in [5.41, 5.74) is 1.29. The topological polar surface area (TPSA) is 113 Å². The van der Waals surface area contributed by atoms with Crippen LogP contribution in [0.15, 0.2) is 48.5 Å². The first-order valence-corrected chi connectivity index (χ1v) is 19.2. The van der Waals surface area contributed by atoms with Gasteiger partial charge in [-0.1, -0.05) is 37.1 Å². The molecule has 2 saturated heterocycles. The molecule has 0 unspecified atom stereocenters. The van der Waals surface area contributed by atoms with Crippen molar-refractivity contribution in [1.29, 1.82) is 0 Å². The van der Waals surface area contributed by atoms with Gasteiger partial charge < -0.3 is 34.9 Å². The number of rotatable bonds is 12. The van der Waals surface area contributed by atoms with E-state index in [4.69, 9.17) is 30.9 Å². The number of benzene rings is 2. The number of amides is 2. The van der Waals surface area contributed by atoms with Crippen LogP contribution in [0.1, 0.15) is 91.2 Å². The van der Waals surface area contributed by atoms with Crippen molar-refractivity contribution in [1.82, 2.24) is 20.4 Å². The van der Waals surface area contributed by atoms with Crippen molar-refractivity contribution in [3.63, 3.8) is 0 Å². The highest BCUT2D eigenvalue weighted by Gasteiger charge is 2.16. The Hall–Kier alpha value is -3.21. The molecule has 0 saturated carbocycles. The fourth-order valence-corrected chi connectivity index (χ4v) is 5.68. The fourth-order valence-electron chi connectivity index (χ4n) is 5.44. The molecule has 0 atom stereocenters. The zero-order valence-corrected chi connectivity index (χ0v) is 32.9. The number of aromatic hydroxyl groups is 1.